The molecule has 27 heteroatoms. The van der Waals surface area contributed by atoms with Gasteiger partial charge in [0.2, 0.25) is 6.29 Å². The zero-order valence-corrected chi connectivity index (χ0v) is 62.7. The summed E-state index contributed by atoms with van der Waals surface area (Å²) in [6, 6.07) is 55.2. The van der Waals surface area contributed by atoms with Crippen molar-refractivity contribution >= 4 is 46.1 Å². The summed E-state index contributed by atoms with van der Waals surface area (Å²) in [5.74, 6) is -0.151. The molecule has 0 spiro atoms. The Morgan fingerprint density at radius 1 is 0.477 bits per heavy atom. The summed E-state index contributed by atoms with van der Waals surface area (Å²) in [7, 11) is 2.89. The van der Waals surface area contributed by atoms with Crippen molar-refractivity contribution in [2.45, 2.75) is 168 Å². The number of hydrogen-bond acceptors (Lipinski definition) is 23. The van der Waals surface area contributed by atoms with Crippen LogP contribution < -0.4 is 25.5 Å². The lowest BCUT2D eigenvalue weighted by Gasteiger charge is -2.47. The third kappa shape index (κ3) is 20.9. The van der Waals surface area contributed by atoms with Gasteiger partial charge in [0, 0.05) is 36.7 Å². The van der Waals surface area contributed by atoms with E-state index in [1.807, 2.05) is 135 Å². The predicted molar refractivity (Wildman–Crippen MR) is 399 cm³/mol. The largest absolute Gasteiger partial charge is 0.508 e. The maximum Gasteiger partial charge on any atom is 0.452 e. The van der Waals surface area contributed by atoms with Crippen molar-refractivity contribution in [2.24, 2.45) is 10.2 Å². The maximum absolute atomic E-state index is 13.0. The van der Waals surface area contributed by atoms with Gasteiger partial charge in [0.1, 0.15) is 76.1 Å². The maximum atomic E-state index is 13.0. The summed E-state index contributed by atoms with van der Waals surface area (Å²) in [6.07, 6.45) is -12.5. The quantitative estimate of drug-likeness (QED) is 0.0201. The third-order valence-electron chi connectivity index (χ3n) is 17.3. The van der Waals surface area contributed by atoms with Crippen molar-refractivity contribution in [1.29, 1.82) is 0 Å². The van der Waals surface area contributed by atoms with Gasteiger partial charge in [0.15, 0.2) is 24.6 Å². The minimum atomic E-state index is -1.45. The number of amides is 2. The second-order valence-electron chi connectivity index (χ2n) is 27.2. The Morgan fingerprint density at radius 3 is 1.23 bits per heavy atom. The molecule has 2 fully saturated rings. The molecule has 576 valence electrons. The van der Waals surface area contributed by atoms with Crippen molar-refractivity contribution in [3.05, 3.63) is 259 Å². The van der Waals surface area contributed by atoms with Crippen molar-refractivity contribution in [3.63, 3.8) is 0 Å². The summed E-state index contributed by atoms with van der Waals surface area (Å²) in [5.41, 5.74) is 4.41. The minimum Gasteiger partial charge on any atom is -0.508 e. The molecular weight excluding hydrogens is 1410 g/mol. The van der Waals surface area contributed by atoms with E-state index < -0.39 is 102 Å². The Labute approximate surface area is 628 Å². The van der Waals surface area contributed by atoms with E-state index in [1.54, 1.807) is 118 Å². The zero-order valence-electron chi connectivity index (χ0n) is 62.7. The average Bonchev–Trinajstić information content (AvgIpc) is 0.928. The number of hydrogen-bond donors (Lipinski definition) is 6. The Hall–Kier alpha value is -11.3. The molecule has 0 saturated carbocycles. The zero-order chi connectivity index (χ0) is 79.0. The third-order valence-corrected chi connectivity index (χ3v) is 17.3. The molecule has 0 aliphatic carbocycles. The fourth-order valence-corrected chi connectivity index (χ4v) is 12.2. The molecule has 0 bridgehead atoms. The first kappa shape index (κ1) is 81.8. The number of aromatic hydroxyl groups is 1. The molecule has 27 nitrogen and oxygen atoms in total. The Balaban J connectivity index is 0.000000186. The monoisotopic (exact) mass is 1500 g/mol. The minimum absolute atomic E-state index is 0.0745. The summed E-state index contributed by atoms with van der Waals surface area (Å²) >= 11 is 0. The number of aliphatic hydroxyl groups is 3. The number of aliphatic hydroxyl groups excluding tert-OH is 3. The van der Waals surface area contributed by atoms with E-state index in [0.717, 1.165) is 33.6 Å². The van der Waals surface area contributed by atoms with E-state index in [2.05, 4.69) is 29.7 Å². The molecule has 12 rings (SSSR count). The number of ether oxygens (including phenoxy) is 11. The number of fused-ring (bicyclic) bond motifs is 2. The van der Waals surface area contributed by atoms with Gasteiger partial charge in [0.05, 0.1) is 46.3 Å². The molecule has 8 atom stereocenters. The number of aromatic nitrogens is 2. The van der Waals surface area contributed by atoms with Crippen LogP contribution in [0.3, 0.4) is 0 Å². The van der Waals surface area contributed by atoms with Gasteiger partial charge in [-0.15, -0.1) is 0 Å². The molecule has 109 heavy (non-hydrogen) atoms. The molecule has 10 aromatic rings. The number of carbonyl (C=O) groups excluding carboxylic acids is 4. The number of esters is 2. The summed E-state index contributed by atoms with van der Waals surface area (Å²) in [5, 5.41) is 48.4. The van der Waals surface area contributed by atoms with Gasteiger partial charge in [-0.1, -0.05) is 132 Å². The molecular formula is C82H90N4O23. The highest BCUT2D eigenvalue weighted by molar-refractivity contribution is 5.90. The SMILES string of the molecule is CC(C)OC(=O)N=NC(=O)OC(C)C.COC1C(OC(=O)c2ccc(C)[nH]2)C(O)C(O)OC1(C)C.COC1C(OC(=O)c2ccc(C)[nH]2)C(O)C(Oc2ccc3c(OC(c4ccccc4)c4ccccc4)cc(=O)oc3c2C)OC1(C)C.Cc1c(O)ccc2c(OC(c3ccccc3)c3ccccc3)cc(=O)oc12. The van der Waals surface area contributed by atoms with Gasteiger partial charge in [-0.3, -0.25) is 0 Å². The highest BCUT2D eigenvalue weighted by Crippen LogP contribution is 2.41. The van der Waals surface area contributed by atoms with Crippen LogP contribution in [-0.4, -0.2) is 141 Å². The molecule has 4 aromatic heterocycles. The number of aromatic amines is 2. The average molecular weight is 1500 g/mol. The number of phenolic OH excluding ortho intramolecular Hbond substituents is 1. The molecule has 0 radical (unpaired) electrons. The predicted octanol–water partition coefficient (Wildman–Crippen LogP) is 13.9. The fraction of sp³-hybridized carbons (Fsp3) is 0.341. The standard InChI is InChI=1S/C37H37NO9.C23H18O4.C14H21NO6.C8H14N2O4/c1-21-16-18-26(38-21)35(41)46-33-30(40)36(47-37(3,4)34(33)42-5)44-27-19-17-25-28(20-29(39)45-31(25)22(27)2)43-32(23-12-8-6-9-13-23)24-14-10-7-11-15-24;1-15-19(24)13-12-18-20(14-21(25)27-22(15)18)26-23(16-8-4-2-5-9-16)17-10-6-3-7-11-17;1-7-5-6-8(15-7)12(17)20-10-9(16)13(18)21-14(2,3)11(10)19-4;1-5(2)13-7(11)9-10-8(12)14-6(3)4/h6-20,30,32-34,36,38,40H,1-5H3;2-14,23-24H,1H3;5-6,9-11,13,15-16,18H,1-4H3;5-6H,1-4H3. The first-order valence-corrected chi connectivity index (χ1v) is 34.9. The van der Waals surface area contributed by atoms with Crippen molar-refractivity contribution in [1.82, 2.24) is 9.97 Å². The second kappa shape index (κ2) is 36.5. The van der Waals surface area contributed by atoms with Crippen LogP contribution in [0.4, 0.5) is 9.59 Å². The van der Waals surface area contributed by atoms with Crippen molar-refractivity contribution in [3.8, 4) is 23.0 Å². The summed E-state index contributed by atoms with van der Waals surface area (Å²) < 4.78 is 72.8. The molecule has 2 aliphatic heterocycles. The van der Waals surface area contributed by atoms with E-state index in [-0.39, 0.29) is 41.0 Å². The number of benzene rings is 6. The lowest BCUT2D eigenvalue weighted by molar-refractivity contribution is -0.313. The van der Waals surface area contributed by atoms with Gasteiger partial charge in [-0.2, -0.15) is 0 Å². The van der Waals surface area contributed by atoms with Crippen LogP contribution in [0, 0.1) is 27.7 Å². The van der Waals surface area contributed by atoms with Gasteiger partial charge in [-0.25, -0.2) is 28.8 Å². The number of nitrogens with zero attached hydrogens (tertiary/aromatic N) is 2. The first-order valence-electron chi connectivity index (χ1n) is 34.9. The van der Waals surface area contributed by atoms with E-state index in [1.165, 1.54) is 26.4 Å². The topological polar surface area (TPSA) is 367 Å². The second-order valence-corrected chi connectivity index (χ2v) is 27.2. The Morgan fingerprint density at radius 2 is 0.853 bits per heavy atom. The molecule has 6 heterocycles. The van der Waals surface area contributed by atoms with Crippen LogP contribution in [0.2, 0.25) is 0 Å². The van der Waals surface area contributed by atoms with Gasteiger partial charge >= 0.3 is 35.4 Å². The van der Waals surface area contributed by atoms with Crippen LogP contribution in [0.5, 0.6) is 23.0 Å². The summed E-state index contributed by atoms with van der Waals surface area (Å²) in [4.78, 5) is 77.3. The van der Waals surface area contributed by atoms with Crippen molar-refractivity contribution < 1.29 is 101 Å². The van der Waals surface area contributed by atoms with E-state index in [4.69, 9.17) is 51.5 Å². The van der Waals surface area contributed by atoms with E-state index in [0.29, 0.717) is 44.7 Å². The van der Waals surface area contributed by atoms with Gasteiger partial charge in [-0.05, 0) is 154 Å². The number of phenols is 1. The van der Waals surface area contributed by atoms with Gasteiger partial charge in [0.25, 0.3) is 0 Å². The van der Waals surface area contributed by atoms with Crippen LogP contribution in [-0.2, 0) is 37.9 Å². The van der Waals surface area contributed by atoms with Crippen LogP contribution in [0.25, 0.3) is 21.9 Å². The normalized spacial score (nSPS) is 19.2. The van der Waals surface area contributed by atoms with Crippen molar-refractivity contribution in [2.75, 3.05) is 14.2 Å². The lowest BCUT2D eigenvalue weighted by atomic mass is 9.89. The summed E-state index contributed by atoms with van der Waals surface area (Å²) in [6.45, 7) is 20.6. The highest BCUT2D eigenvalue weighted by atomic mass is 16.7. The molecule has 6 N–H and O–H groups in total. The number of H-pyrrole nitrogens is 2. The number of rotatable bonds is 18. The molecule has 2 saturated heterocycles. The van der Waals surface area contributed by atoms with Crippen LogP contribution >= 0.6 is 0 Å². The number of carbonyl (C=O) groups is 4. The molecule has 8 unspecified atom stereocenters. The fourth-order valence-electron chi connectivity index (χ4n) is 12.2. The lowest BCUT2D eigenvalue weighted by Crippen LogP contribution is -2.65. The van der Waals surface area contributed by atoms with Gasteiger partial charge < -0.3 is 91.3 Å². The number of azo groups is 1. The molecule has 2 aliphatic rings. The first-order chi connectivity index (χ1) is 51.9. The van der Waals surface area contributed by atoms with Crippen LogP contribution in [0.15, 0.2) is 211 Å². The van der Waals surface area contributed by atoms with Crippen LogP contribution in [0.1, 0.15) is 133 Å². The number of methoxy groups -OCH3 is 2. The highest BCUT2D eigenvalue weighted by Gasteiger charge is 2.54. The number of nitrogens with one attached hydrogen (secondary N) is 2. The smallest absolute Gasteiger partial charge is 0.452 e. The Bertz CT molecular complexity index is 4760. The molecule has 6 aromatic carbocycles. The van der Waals surface area contributed by atoms with E-state index in [9.17, 15) is 49.2 Å². The molecule has 2 amide bonds. The van der Waals surface area contributed by atoms with E-state index >= 15 is 0 Å². The number of aryl methyl sites for hydroxylation is 4. The Kier molecular flexibility index (Phi) is 27.4.